The number of thiazole rings is 1. The van der Waals surface area contributed by atoms with Crippen LogP contribution in [0.5, 0.6) is 0 Å². The van der Waals surface area contributed by atoms with Crippen molar-refractivity contribution in [3.05, 3.63) is 15.6 Å². The van der Waals surface area contributed by atoms with E-state index in [0.717, 1.165) is 73.1 Å². The summed E-state index contributed by atoms with van der Waals surface area (Å²) >= 11 is 1.54. The molecule has 1 saturated carbocycles. The molecule has 2 fully saturated rings. The number of hydrogen-bond donors (Lipinski definition) is 2. The number of piperidine rings is 1. The van der Waals surface area contributed by atoms with Crippen LogP contribution in [0.3, 0.4) is 0 Å². The van der Waals surface area contributed by atoms with Gasteiger partial charge in [0.05, 0.1) is 23.7 Å². The molecule has 1 aliphatic heterocycles. The van der Waals surface area contributed by atoms with Crippen LogP contribution in [0.2, 0.25) is 0 Å². The zero-order chi connectivity index (χ0) is 19.2. The molecular formula is C20H32ClN3O3S. The Morgan fingerprint density at radius 1 is 1.18 bits per heavy atom. The third kappa shape index (κ3) is 6.16. The summed E-state index contributed by atoms with van der Waals surface area (Å²) in [4.78, 5) is 29.7. The third-order valence-corrected chi connectivity index (χ3v) is 7.09. The fraction of sp³-hybridized carbons (Fsp3) is 0.750. The Bertz CT molecular complexity index is 653. The Kier molecular flexibility index (Phi) is 9.18. The Morgan fingerprint density at radius 2 is 1.86 bits per heavy atom. The van der Waals surface area contributed by atoms with Gasteiger partial charge in [0.15, 0.2) is 0 Å². The summed E-state index contributed by atoms with van der Waals surface area (Å²) in [6.07, 6.45) is 7.82. The van der Waals surface area contributed by atoms with Crippen molar-refractivity contribution in [2.24, 2.45) is 11.8 Å². The van der Waals surface area contributed by atoms with Crippen molar-refractivity contribution in [1.82, 2.24) is 15.6 Å². The van der Waals surface area contributed by atoms with Crippen molar-refractivity contribution in [3.63, 3.8) is 0 Å². The molecule has 158 valence electrons. The molecule has 1 amide bonds. The monoisotopic (exact) mass is 429 g/mol. The summed E-state index contributed by atoms with van der Waals surface area (Å²) in [6.45, 7) is 4.16. The van der Waals surface area contributed by atoms with E-state index >= 15 is 0 Å². The molecule has 8 heteroatoms. The minimum atomic E-state index is -0.128. The Hall–Kier alpha value is -1.18. The van der Waals surface area contributed by atoms with Gasteiger partial charge in [-0.2, -0.15) is 0 Å². The molecule has 3 rings (SSSR count). The molecule has 0 unspecified atom stereocenters. The van der Waals surface area contributed by atoms with Crippen LogP contribution in [-0.4, -0.2) is 43.1 Å². The van der Waals surface area contributed by atoms with Gasteiger partial charge in [-0.1, -0.05) is 0 Å². The van der Waals surface area contributed by atoms with E-state index in [1.165, 1.54) is 20.0 Å². The highest BCUT2D eigenvalue weighted by Gasteiger charge is 2.28. The predicted molar refractivity (Wildman–Crippen MR) is 113 cm³/mol. The molecule has 1 aromatic heterocycles. The normalized spacial score (nSPS) is 22.9. The van der Waals surface area contributed by atoms with Gasteiger partial charge in [-0.3, -0.25) is 9.59 Å². The highest BCUT2D eigenvalue weighted by Crippen LogP contribution is 2.27. The topological polar surface area (TPSA) is 80.3 Å². The van der Waals surface area contributed by atoms with Gasteiger partial charge in [0, 0.05) is 6.04 Å². The lowest BCUT2D eigenvalue weighted by molar-refractivity contribution is -0.146. The molecule has 0 aromatic carbocycles. The van der Waals surface area contributed by atoms with Gasteiger partial charge in [0.1, 0.15) is 4.88 Å². The van der Waals surface area contributed by atoms with Crippen molar-refractivity contribution in [2.45, 2.75) is 64.3 Å². The Morgan fingerprint density at radius 3 is 2.50 bits per heavy atom. The average Bonchev–Trinajstić information content (AvgIpc) is 3.08. The number of rotatable bonds is 6. The molecule has 1 aliphatic carbocycles. The van der Waals surface area contributed by atoms with Crippen LogP contribution >= 0.6 is 23.7 Å². The molecular weight excluding hydrogens is 398 g/mol. The first-order chi connectivity index (χ1) is 13.1. The number of carbonyl (C=O) groups excluding carboxylic acids is 2. The smallest absolute Gasteiger partial charge is 0.308 e. The van der Waals surface area contributed by atoms with E-state index < -0.39 is 0 Å². The lowest BCUT2D eigenvalue weighted by Crippen LogP contribution is -2.38. The SMILES string of the molecule is COC(=O)C1CCC(NC(=O)c2sc(CCC3CCNCC3)nc2C)CC1.Cl. The molecule has 2 heterocycles. The highest BCUT2D eigenvalue weighted by molar-refractivity contribution is 7.13. The van der Waals surface area contributed by atoms with Crippen molar-refractivity contribution >= 4 is 35.6 Å². The first kappa shape index (κ1) is 23.1. The minimum Gasteiger partial charge on any atom is -0.469 e. The number of hydrogen-bond acceptors (Lipinski definition) is 6. The summed E-state index contributed by atoms with van der Waals surface area (Å²) in [5.74, 6) is 0.615. The molecule has 0 radical (unpaired) electrons. The Labute approximate surface area is 177 Å². The lowest BCUT2D eigenvalue weighted by Gasteiger charge is -2.27. The molecule has 0 spiro atoms. The Balaban J connectivity index is 0.00000280. The van der Waals surface area contributed by atoms with Crippen LogP contribution in [0.15, 0.2) is 0 Å². The van der Waals surface area contributed by atoms with E-state index in [1.54, 1.807) is 11.3 Å². The molecule has 2 aliphatic rings. The number of nitrogens with zero attached hydrogens (tertiary/aromatic N) is 1. The fourth-order valence-corrected chi connectivity index (χ4v) is 5.14. The second kappa shape index (κ2) is 11.1. The number of esters is 1. The molecule has 0 bridgehead atoms. The predicted octanol–water partition coefficient (Wildman–Crippen LogP) is 3.27. The number of aryl methyl sites for hydroxylation is 2. The number of aromatic nitrogens is 1. The van der Waals surface area contributed by atoms with Crippen molar-refractivity contribution < 1.29 is 14.3 Å². The van der Waals surface area contributed by atoms with Crippen LogP contribution in [0, 0.1) is 18.8 Å². The van der Waals surface area contributed by atoms with E-state index in [9.17, 15) is 9.59 Å². The number of amides is 1. The van der Waals surface area contributed by atoms with Gasteiger partial charge in [0.25, 0.3) is 5.91 Å². The molecule has 1 saturated heterocycles. The quantitative estimate of drug-likeness (QED) is 0.678. The van der Waals surface area contributed by atoms with Crippen molar-refractivity contribution in [2.75, 3.05) is 20.2 Å². The fourth-order valence-electron chi connectivity index (χ4n) is 4.16. The van der Waals surface area contributed by atoms with Gasteiger partial charge < -0.3 is 15.4 Å². The second-order valence-corrected chi connectivity index (χ2v) is 8.88. The van der Waals surface area contributed by atoms with Crippen LogP contribution in [-0.2, 0) is 16.0 Å². The average molecular weight is 430 g/mol. The molecule has 6 nitrogen and oxygen atoms in total. The molecule has 2 N–H and O–H groups in total. The largest absolute Gasteiger partial charge is 0.469 e. The maximum Gasteiger partial charge on any atom is 0.308 e. The summed E-state index contributed by atoms with van der Waals surface area (Å²) in [5, 5.41) is 7.62. The summed E-state index contributed by atoms with van der Waals surface area (Å²) in [6, 6.07) is 0.137. The van der Waals surface area contributed by atoms with Crippen molar-refractivity contribution in [3.8, 4) is 0 Å². The van der Waals surface area contributed by atoms with Crippen LogP contribution in [0.25, 0.3) is 0 Å². The first-order valence-corrected chi connectivity index (χ1v) is 10.9. The van der Waals surface area contributed by atoms with Crippen LogP contribution in [0.1, 0.15) is 65.3 Å². The zero-order valence-corrected chi connectivity index (χ0v) is 18.4. The first-order valence-electron chi connectivity index (χ1n) is 10.1. The summed E-state index contributed by atoms with van der Waals surface area (Å²) in [7, 11) is 1.44. The summed E-state index contributed by atoms with van der Waals surface area (Å²) in [5.41, 5.74) is 0.834. The zero-order valence-electron chi connectivity index (χ0n) is 16.8. The van der Waals surface area contributed by atoms with Crippen LogP contribution in [0.4, 0.5) is 0 Å². The third-order valence-electron chi connectivity index (χ3n) is 5.87. The minimum absolute atomic E-state index is 0. The molecule has 1 aromatic rings. The van der Waals surface area contributed by atoms with E-state index in [-0.39, 0.29) is 36.2 Å². The van der Waals surface area contributed by atoms with E-state index in [2.05, 4.69) is 15.6 Å². The van der Waals surface area contributed by atoms with Crippen molar-refractivity contribution in [1.29, 1.82) is 0 Å². The standard InChI is InChI=1S/C20H31N3O3S.ClH/c1-13-18(27-17(22-13)8-3-14-9-11-21-12-10-14)19(24)23-16-6-4-15(5-7-16)20(25)26-2;/h14-16,21H,3-12H2,1-2H3,(H,23,24);1H. The highest BCUT2D eigenvalue weighted by atomic mass is 35.5. The maximum atomic E-state index is 12.7. The number of methoxy groups -OCH3 is 1. The number of ether oxygens (including phenoxy) is 1. The second-order valence-electron chi connectivity index (χ2n) is 7.80. The molecule has 28 heavy (non-hydrogen) atoms. The summed E-state index contributed by atoms with van der Waals surface area (Å²) < 4.78 is 4.82. The number of nitrogens with one attached hydrogen (secondary N) is 2. The van der Waals surface area contributed by atoms with E-state index in [4.69, 9.17) is 4.74 Å². The van der Waals surface area contributed by atoms with Gasteiger partial charge in [-0.25, -0.2) is 4.98 Å². The van der Waals surface area contributed by atoms with Gasteiger partial charge >= 0.3 is 5.97 Å². The number of halogens is 1. The van der Waals surface area contributed by atoms with Crippen LogP contribution < -0.4 is 10.6 Å². The maximum absolute atomic E-state index is 12.7. The van der Waals surface area contributed by atoms with Gasteiger partial charge in [-0.15, -0.1) is 23.7 Å². The molecule has 0 atom stereocenters. The van der Waals surface area contributed by atoms with E-state index in [0.29, 0.717) is 0 Å². The van der Waals surface area contributed by atoms with Gasteiger partial charge in [0.2, 0.25) is 0 Å². The lowest BCUT2D eigenvalue weighted by atomic mass is 9.86. The number of carbonyl (C=O) groups is 2. The van der Waals surface area contributed by atoms with E-state index in [1.807, 2.05) is 6.92 Å². The van der Waals surface area contributed by atoms with Gasteiger partial charge in [-0.05, 0) is 77.3 Å².